The zero-order valence-electron chi connectivity index (χ0n) is 15.9. The molecule has 2 atom stereocenters. The van der Waals surface area contributed by atoms with E-state index in [2.05, 4.69) is 5.32 Å². The summed E-state index contributed by atoms with van der Waals surface area (Å²) in [7, 11) is 0. The maximum Gasteiger partial charge on any atom is 0.355 e. The molecule has 6 nitrogen and oxygen atoms in total. The van der Waals surface area contributed by atoms with E-state index in [-0.39, 0.29) is 12.1 Å². The van der Waals surface area contributed by atoms with E-state index >= 15 is 0 Å². The number of carbonyl (C=O) groups is 2. The predicted octanol–water partition coefficient (Wildman–Crippen LogP) is 2.48. The number of hydrogen-bond donors (Lipinski definition) is 3. The Morgan fingerprint density at radius 1 is 1.35 bits per heavy atom. The van der Waals surface area contributed by atoms with Crippen molar-refractivity contribution in [3.8, 4) is 0 Å². The lowest BCUT2D eigenvalue weighted by Gasteiger charge is -2.17. The van der Waals surface area contributed by atoms with Crippen molar-refractivity contribution < 1.29 is 19.4 Å². The molecule has 1 aliphatic heterocycles. The van der Waals surface area contributed by atoms with Crippen LogP contribution < -0.4 is 11.1 Å². The van der Waals surface area contributed by atoms with E-state index in [1.165, 1.54) is 6.42 Å². The summed E-state index contributed by atoms with van der Waals surface area (Å²) in [5, 5.41) is 12.4. The van der Waals surface area contributed by atoms with Gasteiger partial charge in [0.15, 0.2) is 0 Å². The normalized spacial score (nSPS) is 21.2. The molecule has 0 aromatic carbocycles. The minimum atomic E-state index is -0.903. The van der Waals surface area contributed by atoms with Gasteiger partial charge in [0, 0.05) is 0 Å². The number of amides is 1. The first kappa shape index (κ1) is 22.1. The molecule has 0 aromatic rings. The third-order valence-corrected chi connectivity index (χ3v) is 4.27. The van der Waals surface area contributed by atoms with Crippen LogP contribution in [0.15, 0.2) is 36.1 Å². The number of carbonyl (C=O) groups excluding carboxylic acids is 2. The monoisotopic (exact) mass is 364 g/mol. The van der Waals surface area contributed by atoms with Crippen molar-refractivity contribution in [3.63, 3.8) is 0 Å². The van der Waals surface area contributed by atoms with E-state index in [0.717, 1.165) is 32.2 Å². The summed E-state index contributed by atoms with van der Waals surface area (Å²) in [6.07, 6.45) is 13.9. The minimum absolute atomic E-state index is 0.114. The van der Waals surface area contributed by atoms with Gasteiger partial charge in [-0.25, -0.2) is 4.79 Å². The summed E-state index contributed by atoms with van der Waals surface area (Å²) in [5.74, 6) is -0.961. The highest BCUT2D eigenvalue weighted by Gasteiger charge is 2.35. The van der Waals surface area contributed by atoms with E-state index in [9.17, 15) is 14.7 Å². The lowest BCUT2D eigenvalue weighted by Crippen LogP contribution is -2.28. The van der Waals surface area contributed by atoms with E-state index in [4.69, 9.17) is 10.5 Å². The molecule has 1 heterocycles. The number of rotatable bonds is 12. The molecule has 4 N–H and O–H groups in total. The maximum atomic E-state index is 11.9. The van der Waals surface area contributed by atoms with Gasteiger partial charge in [-0.05, 0) is 45.2 Å². The van der Waals surface area contributed by atoms with Gasteiger partial charge < -0.3 is 20.9 Å². The molecule has 6 heteroatoms. The SMILES string of the molecule is CC[C@@]1(C)C=C(NC(=O)C[C@@H](O)/C=C\C=C\CCCCCCN)C(=O)O1. The highest BCUT2D eigenvalue weighted by atomic mass is 16.6. The molecule has 0 aromatic heterocycles. The molecular weight excluding hydrogens is 332 g/mol. The van der Waals surface area contributed by atoms with E-state index < -0.39 is 23.6 Å². The van der Waals surface area contributed by atoms with Gasteiger partial charge in [0.25, 0.3) is 0 Å². The first-order valence-corrected chi connectivity index (χ1v) is 9.37. The van der Waals surface area contributed by atoms with Crippen LogP contribution in [-0.2, 0) is 14.3 Å². The number of nitrogens with two attached hydrogens (primary N) is 1. The van der Waals surface area contributed by atoms with Crippen molar-refractivity contribution in [1.29, 1.82) is 0 Å². The van der Waals surface area contributed by atoms with Crippen molar-refractivity contribution in [3.05, 3.63) is 36.1 Å². The van der Waals surface area contributed by atoms with Crippen LogP contribution in [0.3, 0.4) is 0 Å². The molecule has 1 rings (SSSR count). The number of cyclic esters (lactones) is 1. The van der Waals surface area contributed by atoms with Crippen molar-refractivity contribution >= 4 is 11.9 Å². The van der Waals surface area contributed by atoms with Crippen LogP contribution in [-0.4, -0.2) is 35.2 Å². The molecule has 0 saturated heterocycles. The van der Waals surface area contributed by atoms with Crippen molar-refractivity contribution in [1.82, 2.24) is 5.32 Å². The topological polar surface area (TPSA) is 102 Å². The molecule has 0 aliphatic carbocycles. The Kier molecular flexibility index (Phi) is 9.91. The molecule has 146 valence electrons. The number of esters is 1. The second-order valence-electron chi connectivity index (χ2n) is 6.74. The molecular formula is C20H32N2O4. The fourth-order valence-electron chi connectivity index (χ4n) is 2.51. The fraction of sp³-hybridized carbons (Fsp3) is 0.600. The van der Waals surface area contributed by atoms with E-state index in [1.54, 1.807) is 25.2 Å². The van der Waals surface area contributed by atoms with Crippen LogP contribution in [0.5, 0.6) is 0 Å². The van der Waals surface area contributed by atoms with Gasteiger partial charge in [-0.2, -0.15) is 0 Å². The summed E-state index contributed by atoms with van der Waals surface area (Å²) < 4.78 is 5.21. The second kappa shape index (κ2) is 11.6. The largest absolute Gasteiger partial charge is 0.450 e. The average molecular weight is 364 g/mol. The quantitative estimate of drug-likeness (QED) is 0.280. The average Bonchev–Trinajstić information content (AvgIpc) is 2.87. The molecule has 0 fully saturated rings. The predicted molar refractivity (Wildman–Crippen MR) is 102 cm³/mol. The number of nitrogens with one attached hydrogen (secondary N) is 1. The second-order valence-corrected chi connectivity index (χ2v) is 6.74. The Bertz CT molecular complexity index is 554. The number of allylic oxidation sites excluding steroid dienone is 3. The highest BCUT2D eigenvalue weighted by Crippen LogP contribution is 2.26. The number of unbranched alkanes of at least 4 members (excludes halogenated alkanes) is 4. The number of aliphatic hydroxyl groups is 1. The third kappa shape index (κ3) is 8.45. The van der Waals surface area contributed by atoms with Crippen molar-refractivity contribution in [2.24, 2.45) is 5.73 Å². The smallest absolute Gasteiger partial charge is 0.355 e. The van der Waals surface area contributed by atoms with Crippen LogP contribution in [0.25, 0.3) is 0 Å². The zero-order chi connectivity index (χ0) is 19.4. The lowest BCUT2D eigenvalue weighted by atomic mass is 10.0. The molecule has 26 heavy (non-hydrogen) atoms. The van der Waals surface area contributed by atoms with Crippen LogP contribution >= 0.6 is 0 Å². The summed E-state index contributed by atoms with van der Waals surface area (Å²) in [5.41, 5.74) is 4.91. The van der Waals surface area contributed by atoms with Crippen LogP contribution in [0, 0.1) is 0 Å². The molecule has 1 aliphatic rings. The summed E-state index contributed by atoms with van der Waals surface area (Å²) >= 11 is 0. The van der Waals surface area contributed by atoms with Crippen LogP contribution in [0.1, 0.15) is 58.8 Å². The fourth-order valence-corrected chi connectivity index (χ4v) is 2.51. The molecule has 0 bridgehead atoms. The molecule has 1 amide bonds. The first-order valence-electron chi connectivity index (χ1n) is 9.37. The van der Waals surface area contributed by atoms with Crippen molar-refractivity contribution in [2.75, 3.05) is 6.54 Å². The van der Waals surface area contributed by atoms with Gasteiger partial charge >= 0.3 is 5.97 Å². The number of ether oxygens (including phenoxy) is 1. The molecule has 0 saturated carbocycles. The summed E-state index contributed by atoms with van der Waals surface area (Å²) in [4.78, 5) is 23.7. The number of hydrogen-bond acceptors (Lipinski definition) is 5. The Morgan fingerprint density at radius 3 is 2.73 bits per heavy atom. The Balaban J connectivity index is 2.28. The van der Waals surface area contributed by atoms with Gasteiger partial charge in [0.2, 0.25) is 5.91 Å². The highest BCUT2D eigenvalue weighted by molar-refractivity contribution is 5.96. The Labute approximate surface area is 156 Å². The van der Waals surface area contributed by atoms with Crippen LogP contribution in [0.4, 0.5) is 0 Å². The van der Waals surface area contributed by atoms with Gasteiger partial charge in [-0.3, -0.25) is 4.79 Å². The third-order valence-electron chi connectivity index (χ3n) is 4.27. The van der Waals surface area contributed by atoms with Crippen LogP contribution in [0.2, 0.25) is 0 Å². The first-order chi connectivity index (χ1) is 12.4. The van der Waals surface area contributed by atoms with Gasteiger partial charge in [-0.1, -0.05) is 44.1 Å². The molecule has 0 unspecified atom stereocenters. The summed E-state index contributed by atoms with van der Waals surface area (Å²) in [6.45, 7) is 4.43. The Hall–Kier alpha value is -1.92. The lowest BCUT2D eigenvalue weighted by molar-refractivity contribution is -0.146. The number of aliphatic hydroxyl groups excluding tert-OH is 1. The maximum absolute atomic E-state index is 11.9. The van der Waals surface area contributed by atoms with Gasteiger partial charge in [-0.15, -0.1) is 0 Å². The van der Waals surface area contributed by atoms with E-state index in [1.807, 2.05) is 19.1 Å². The van der Waals surface area contributed by atoms with Gasteiger partial charge in [0.1, 0.15) is 11.3 Å². The Morgan fingerprint density at radius 2 is 2.08 bits per heavy atom. The van der Waals surface area contributed by atoms with Crippen molar-refractivity contribution in [2.45, 2.75) is 70.5 Å². The van der Waals surface area contributed by atoms with E-state index in [0.29, 0.717) is 6.42 Å². The molecule has 0 spiro atoms. The summed E-state index contributed by atoms with van der Waals surface area (Å²) in [6, 6.07) is 0. The zero-order valence-corrected chi connectivity index (χ0v) is 15.9. The standard InChI is InChI=1S/C20H32N2O4/c1-3-20(2)15-17(19(25)26-20)22-18(24)14-16(23)12-10-8-6-4-5-7-9-11-13-21/h6,8,10,12,15-16,23H,3-5,7,9,11,13-14,21H2,1-2H3,(H,22,24)/b8-6+,12-10-/t16-,20-/m0/s1. The minimum Gasteiger partial charge on any atom is -0.450 e. The van der Waals surface area contributed by atoms with Gasteiger partial charge in [0.05, 0.1) is 12.5 Å². The molecule has 0 radical (unpaired) electrons.